The quantitative estimate of drug-likeness (QED) is 0.812. The van der Waals surface area contributed by atoms with Crippen molar-refractivity contribution in [2.24, 2.45) is 11.7 Å². The second kappa shape index (κ2) is 6.36. The Balaban J connectivity index is 1.99. The first-order valence-corrected chi connectivity index (χ1v) is 7.83. The zero-order valence-corrected chi connectivity index (χ0v) is 12.4. The number of likely N-dealkylation sites (tertiary alicyclic amines) is 1. The standard InChI is InChI=1S/C15H31N3/c1-4-5-12(2)15(10-16)18-9-8-13-6-7-14(11-18)17(13)3/h12-15H,4-11,16H2,1-3H3. The molecular formula is C15H31N3. The van der Waals surface area contributed by atoms with E-state index in [0.717, 1.165) is 24.5 Å². The Labute approximate surface area is 113 Å². The van der Waals surface area contributed by atoms with Crippen molar-refractivity contribution in [3.63, 3.8) is 0 Å². The second-order valence-corrected chi connectivity index (χ2v) is 6.40. The minimum Gasteiger partial charge on any atom is -0.329 e. The molecule has 0 aromatic rings. The van der Waals surface area contributed by atoms with Gasteiger partial charge < -0.3 is 5.73 Å². The van der Waals surface area contributed by atoms with Gasteiger partial charge in [0.05, 0.1) is 0 Å². The van der Waals surface area contributed by atoms with E-state index in [1.165, 1.54) is 45.2 Å². The highest BCUT2D eigenvalue weighted by molar-refractivity contribution is 4.93. The summed E-state index contributed by atoms with van der Waals surface area (Å²) < 4.78 is 0. The average molecular weight is 253 g/mol. The van der Waals surface area contributed by atoms with Crippen LogP contribution in [0.4, 0.5) is 0 Å². The summed E-state index contributed by atoms with van der Waals surface area (Å²) >= 11 is 0. The van der Waals surface area contributed by atoms with Gasteiger partial charge in [-0.05, 0) is 38.6 Å². The van der Waals surface area contributed by atoms with E-state index in [2.05, 4.69) is 30.7 Å². The molecule has 2 heterocycles. The Morgan fingerprint density at radius 3 is 2.61 bits per heavy atom. The fourth-order valence-corrected chi connectivity index (χ4v) is 4.03. The third-order valence-corrected chi connectivity index (χ3v) is 5.29. The van der Waals surface area contributed by atoms with Crippen LogP contribution in [0.5, 0.6) is 0 Å². The van der Waals surface area contributed by atoms with E-state index in [-0.39, 0.29) is 0 Å². The monoisotopic (exact) mass is 253 g/mol. The lowest BCUT2D eigenvalue weighted by molar-refractivity contribution is 0.132. The molecule has 0 saturated carbocycles. The Kier molecular flexibility index (Phi) is 5.05. The van der Waals surface area contributed by atoms with Crippen molar-refractivity contribution in [3.8, 4) is 0 Å². The van der Waals surface area contributed by atoms with Gasteiger partial charge in [0.25, 0.3) is 0 Å². The van der Waals surface area contributed by atoms with Gasteiger partial charge in [-0.2, -0.15) is 0 Å². The van der Waals surface area contributed by atoms with Crippen molar-refractivity contribution >= 4 is 0 Å². The number of hydrogen-bond acceptors (Lipinski definition) is 3. The molecule has 3 nitrogen and oxygen atoms in total. The van der Waals surface area contributed by atoms with Crippen molar-refractivity contribution in [2.75, 3.05) is 26.7 Å². The predicted molar refractivity (Wildman–Crippen MR) is 77.7 cm³/mol. The lowest BCUT2D eigenvalue weighted by Crippen LogP contribution is -2.48. The highest BCUT2D eigenvalue weighted by atomic mass is 15.3. The van der Waals surface area contributed by atoms with Gasteiger partial charge in [0.2, 0.25) is 0 Å². The van der Waals surface area contributed by atoms with Gasteiger partial charge in [-0.25, -0.2) is 0 Å². The van der Waals surface area contributed by atoms with Gasteiger partial charge in [-0.3, -0.25) is 9.80 Å². The summed E-state index contributed by atoms with van der Waals surface area (Å²) in [6.07, 6.45) is 6.71. The number of nitrogens with two attached hydrogens (primary N) is 1. The van der Waals surface area contributed by atoms with E-state index >= 15 is 0 Å². The van der Waals surface area contributed by atoms with Gasteiger partial charge in [0.15, 0.2) is 0 Å². The SMILES string of the molecule is CCCC(C)C(CN)N1CCC2CCC(C1)N2C. The molecule has 0 aliphatic carbocycles. The van der Waals surface area contributed by atoms with Gasteiger partial charge in [-0.1, -0.05) is 20.3 Å². The summed E-state index contributed by atoms with van der Waals surface area (Å²) in [6, 6.07) is 2.21. The fraction of sp³-hybridized carbons (Fsp3) is 1.00. The van der Waals surface area contributed by atoms with E-state index in [4.69, 9.17) is 5.73 Å². The van der Waals surface area contributed by atoms with Crippen LogP contribution in [0.1, 0.15) is 46.0 Å². The molecule has 106 valence electrons. The zero-order chi connectivity index (χ0) is 13.1. The first-order chi connectivity index (χ1) is 8.67. The number of likely N-dealkylation sites (N-methyl/N-ethyl adjacent to an activating group) is 1. The first-order valence-electron chi connectivity index (χ1n) is 7.83. The molecule has 2 aliphatic rings. The molecule has 0 radical (unpaired) electrons. The van der Waals surface area contributed by atoms with Crippen molar-refractivity contribution in [2.45, 2.75) is 64.1 Å². The average Bonchev–Trinajstić information content (AvgIpc) is 2.57. The van der Waals surface area contributed by atoms with Crippen LogP contribution in [0.25, 0.3) is 0 Å². The van der Waals surface area contributed by atoms with Crippen LogP contribution in [-0.2, 0) is 0 Å². The molecule has 0 aromatic carbocycles. The molecule has 4 unspecified atom stereocenters. The summed E-state index contributed by atoms with van der Waals surface area (Å²) in [6.45, 7) is 7.97. The van der Waals surface area contributed by atoms with Crippen LogP contribution in [0.15, 0.2) is 0 Å². The van der Waals surface area contributed by atoms with Crippen LogP contribution in [0.3, 0.4) is 0 Å². The third-order valence-electron chi connectivity index (χ3n) is 5.29. The maximum Gasteiger partial charge on any atom is 0.0244 e. The molecule has 3 heteroatoms. The third kappa shape index (κ3) is 2.89. The molecule has 2 rings (SSSR count). The molecule has 4 atom stereocenters. The lowest BCUT2D eigenvalue weighted by atomic mass is 9.94. The molecule has 2 fully saturated rings. The van der Waals surface area contributed by atoms with Crippen LogP contribution in [0.2, 0.25) is 0 Å². The van der Waals surface area contributed by atoms with Gasteiger partial charge in [0, 0.05) is 37.8 Å². The maximum absolute atomic E-state index is 6.06. The normalized spacial score (nSPS) is 33.3. The van der Waals surface area contributed by atoms with E-state index < -0.39 is 0 Å². The smallest absolute Gasteiger partial charge is 0.0244 e. The minimum atomic E-state index is 0.595. The summed E-state index contributed by atoms with van der Waals surface area (Å²) in [5, 5.41) is 0. The van der Waals surface area contributed by atoms with Crippen LogP contribution < -0.4 is 5.73 Å². The van der Waals surface area contributed by atoms with Crippen molar-refractivity contribution in [1.29, 1.82) is 0 Å². The molecule has 2 aliphatic heterocycles. The van der Waals surface area contributed by atoms with Crippen LogP contribution in [0, 0.1) is 5.92 Å². The van der Waals surface area contributed by atoms with Crippen molar-refractivity contribution in [1.82, 2.24) is 9.80 Å². The van der Waals surface area contributed by atoms with E-state index in [1.54, 1.807) is 0 Å². The first kappa shape index (κ1) is 14.3. The van der Waals surface area contributed by atoms with E-state index in [9.17, 15) is 0 Å². The molecule has 2 N–H and O–H groups in total. The Hall–Kier alpha value is -0.120. The van der Waals surface area contributed by atoms with Crippen LogP contribution >= 0.6 is 0 Å². The number of rotatable bonds is 5. The topological polar surface area (TPSA) is 32.5 Å². The minimum absolute atomic E-state index is 0.595. The number of nitrogens with zero attached hydrogens (tertiary/aromatic N) is 2. The highest BCUT2D eigenvalue weighted by Crippen LogP contribution is 2.30. The Morgan fingerprint density at radius 2 is 1.94 bits per heavy atom. The summed E-state index contributed by atoms with van der Waals surface area (Å²) in [4.78, 5) is 5.32. The second-order valence-electron chi connectivity index (χ2n) is 6.40. The lowest BCUT2D eigenvalue weighted by Gasteiger charge is -2.36. The molecule has 0 aromatic heterocycles. The molecule has 2 saturated heterocycles. The van der Waals surface area contributed by atoms with Gasteiger partial charge in [0.1, 0.15) is 0 Å². The molecule has 18 heavy (non-hydrogen) atoms. The maximum atomic E-state index is 6.06. The highest BCUT2D eigenvalue weighted by Gasteiger charge is 2.37. The number of fused-ring (bicyclic) bond motifs is 2. The van der Waals surface area contributed by atoms with E-state index in [0.29, 0.717) is 6.04 Å². The largest absolute Gasteiger partial charge is 0.329 e. The molecule has 0 spiro atoms. The number of hydrogen-bond donors (Lipinski definition) is 1. The van der Waals surface area contributed by atoms with Crippen molar-refractivity contribution < 1.29 is 0 Å². The Morgan fingerprint density at radius 1 is 1.22 bits per heavy atom. The predicted octanol–water partition coefficient (Wildman–Crippen LogP) is 1.92. The van der Waals surface area contributed by atoms with Crippen LogP contribution in [-0.4, -0.2) is 54.6 Å². The summed E-state index contributed by atoms with van der Waals surface area (Å²) in [5.41, 5.74) is 6.06. The van der Waals surface area contributed by atoms with Crippen molar-refractivity contribution in [3.05, 3.63) is 0 Å². The molecule has 2 bridgehead atoms. The Bertz CT molecular complexity index is 256. The summed E-state index contributed by atoms with van der Waals surface area (Å²) in [7, 11) is 2.32. The molecular weight excluding hydrogens is 222 g/mol. The van der Waals surface area contributed by atoms with E-state index in [1.807, 2.05) is 0 Å². The van der Waals surface area contributed by atoms with Gasteiger partial charge in [-0.15, -0.1) is 0 Å². The summed E-state index contributed by atoms with van der Waals surface area (Å²) in [5.74, 6) is 0.738. The zero-order valence-electron chi connectivity index (χ0n) is 12.4. The fourth-order valence-electron chi connectivity index (χ4n) is 4.03. The molecule has 0 amide bonds. The van der Waals surface area contributed by atoms with Gasteiger partial charge >= 0.3 is 0 Å².